The molecule has 26 heavy (non-hydrogen) atoms. The Labute approximate surface area is 154 Å². The van der Waals surface area contributed by atoms with Gasteiger partial charge in [0.2, 0.25) is 11.6 Å². The molecule has 0 amide bonds. The molecule has 1 saturated heterocycles. The van der Waals surface area contributed by atoms with Gasteiger partial charge in [-0.25, -0.2) is 9.97 Å². The van der Waals surface area contributed by atoms with E-state index in [0.29, 0.717) is 29.6 Å². The van der Waals surface area contributed by atoms with Crippen molar-refractivity contribution in [1.29, 1.82) is 0 Å². The van der Waals surface area contributed by atoms with Gasteiger partial charge in [-0.2, -0.15) is 0 Å². The Morgan fingerprint density at radius 1 is 1.42 bits per heavy atom. The van der Waals surface area contributed by atoms with E-state index in [2.05, 4.69) is 20.6 Å². The first-order chi connectivity index (χ1) is 12.6. The van der Waals surface area contributed by atoms with E-state index in [-0.39, 0.29) is 23.4 Å². The molecule has 1 aliphatic heterocycles. The molecule has 138 valence electrons. The van der Waals surface area contributed by atoms with Crippen molar-refractivity contribution in [3.8, 4) is 5.75 Å². The summed E-state index contributed by atoms with van der Waals surface area (Å²) in [7, 11) is 1.50. The van der Waals surface area contributed by atoms with Gasteiger partial charge >= 0.3 is 5.69 Å². The monoisotopic (exact) mass is 379 g/mol. The number of hydrogen-bond donors (Lipinski definition) is 2. The minimum absolute atomic E-state index is 0.0222. The van der Waals surface area contributed by atoms with E-state index in [1.165, 1.54) is 13.4 Å². The molecule has 2 N–H and O–H groups in total. The Balaban J connectivity index is 1.88. The molecule has 1 atom stereocenters. The summed E-state index contributed by atoms with van der Waals surface area (Å²) in [6.45, 7) is 1.15. The maximum absolute atomic E-state index is 11.6. The third kappa shape index (κ3) is 4.12. The van der Waals surface area contributed by atoms with Gasteiger partial charge in [-0.15, -0.1) is 0 Å². The molecule has 0 aliphatic carbocycles. The summed E-state index contributed by atoms with van der Waals surface area (Å²) in [5, 5.41) is 18.0. The van der Waals surface area contributed by atoms with E-state index in [1.807, 2.05) is 0 Å². The smallest absolute Gasteiger partial charge is 0.353 e. The van der Waals surface area contributed by atoms with Crippen LogP contribution in [0.15, 0.2) is 24.5 Å². The molecule has 1 unspecified atom stereocenters. The molecule has 10 heteroatoms. The third-order valence-corrected chi connectivity index (χ3v) is 4.18. The van der Waals surface area contributed by atoms with E-state index in [9.17, 15) is 10.1 Å². The fraction of sp³-hybridized carbons (Fsp3) is 0.375. The Morgan fingerprint density at radius 2 is 2.23 bits per heavy atom. The zero-order chi connectivity index (χ0) is 18.5. The lowest BCUT2D eigenvalue weighted by molar-refractivity contribution is -0.383. The highest BCUT2D eigenvalue weighted by Gasteiger charge is 2.25. The first-order valence-electron chi connectivity index (χ1n) is 8.04. The number of nitrogens with one attached hydrogen (secondary N) is 2. The largest absolute Gasteiger partial charge is 0.495 e. The van der Waals surface area contributed by atoms with Gasteiger partial charge in [-0.05, 0) is 31.0 Å². The Kier molecular flexibility index (Phi) is 5.69. The van der Waals surface area contributed by atoms with Crippen LogP contribution in [0.3, 0.4) is 0 Å². The Hall–Kier alpha value is -2.65. The molecule has 1 fully saturated rings. The zero-order valence-electron chi connectivity index (χ0n) is 14.1. The van der Waals surface area contributed by atoms with E-state index in [1.54, 1.807) is 18.2 Å². The molecule has 2 heterocycles. The maximum atomic E-state index is 11.6. The van der Waals surface area contributed by atoms with Crippen molar-refractivity contribution in [3.05, 3.63) is 39.7 Å². The predicted octanol–water partition coefficient (Wildman–Crippen LogP) is 3.38. The number of halogens is 1. The molecule has 2 aromatic rings. The summed E-state index contributed by atoms with van der Waals surface area (Å²) in [6.07, 6.45) is 3.18. The fourth-order valence-electron chi connectivity index (χ4n) is 2.69. The van der Waals surface area contributed by atoms with Crippen LogP contribution in [0, 0.1) is 10.1 Å². The average Bonchev–Trinajstić information content (AvgIpc) is 3.13. The molecular weight excluding hydrogens is 362 g/mol. The fourth-order valence-corrected chi connectivity index (χ4v) is 2.87. The molecule has 0 radical (unpaired) electrons. The molecular formula is C16H18ClN5O4. The summed E-state index contributed by atoms with van der Waals surface area (Å²) < 4.78 is 10.8. The molecule has 3 rings (SSSR count). The lowest BCUT2D eigenvalue weighted by Crippen LogP contribution is -2.20. The highest BCUT2D eigenvalue weighted by atomic mass is 35.5. The van der Waals surface area contributed by atoms with Gasteiger partial charge in [0.05, 0.1) is 23.8 Å². The van der Waals surface area contributed by atoms with Crippen molar-refractivity contribution in [2.24, 2.45) is 0 Å². The first-order valence-corrected chi connectivity index (χ1v) is 8.41. The van der Waals surface area contributed by atoms with Crippen LogP contribution in [0.1, 0.15) is 12.8 Å². The second kappa shape index (κ2) is 8.15. The summed E-state index contributed by atoms with van der Waals surface area (Å²) in [5.41, 5.74) is 0.208. The highest BCUT2D eigenvalue weighted by Crippen LogP contribution is 2.35. The number of nitro groups is 1. The summed E-state index contributed by atoms with van der Waals surface area (Å²) in [4.78, 5) is 19.1. The van der Waals surface area contributed by atoms with Crippen molar-refractivity contribution in [1.82, 2.24) is 9.97 Å². The average molecular weight is 380 g/mol. The van der Waals surface area contributed by atoms with E-state index < -0.39 is 4.92 Å². The number of hydrogen-bond acceptors (Lipinski definition) is 8. The summed E-state index contributed by atoms with van der Waals surface area (Å²) in [6, 6.07) is 4.93. The van der Waals surface area contributed by atoms with Crippen molar-refractivity contribution in [2.45, 2.75) is 18.9 Å². The molecule has 0 saturated carbocycles. The molecule has 1 aromatic heterocycles. The lowest BCUT2D eigenvalue weighted by Gasteiger charge is -2.14. The highest BCUT2D eigenvalue weighted by molar-refractivity contribution is 6.31. The number of ether oxygens (including phenoxy) is 2. The van der Waals surface area contributed by atoms with Crippen LogP contribution >= 0.6 is 11.6 Å². The molecule has 0 bridgehead atoms. The minimum atomic E-state index is -0.531. The van der Waals surface area contributed by atoms with Gasteiger partial charge in [0.1, 0.15) is 12.1 Å². The molecule has 0 spiro atoms. The summed E-state index contributed by atoms with van der Waals surface area (Å²) in [5.74, 6) is 0.653. The van der Waals surface area contributed by atoms with E-state index in [0.717, 1.165) is 12.8 Å². The van der Waals surface area contributed by atoms with Crippen LogP contribution in [-0.4, -0.2) is 41.3 Å². The van der Waals surface area contributed by atoms with Crippen LogP contribution in [0.4, 0.5) is 23.0 Å². The van der Waals surface area contributed by atoms with Crippen LogP contribution < -0.4 is 15.4 Å². The number of aromatic nitrogens is 2. The Morgan fingerprint density at radius 3 is 2.92 bits per heavy atom. The van der Waals surface area contributed by atoms with Gasteiger partial charge in [-0.3, -0.25) is 10.1 Å². The van der Waals surface area contributed by atoms with Crippen LogP contribution in [0.2, 0.25) is 5.02 Å². The van der Waals surface area contributed by atoms with Crippen LogP contribution in [0.25, 0.3) is 0 Å². The van der Waals surface area contributed by atoms with Gasteiger partial charge in [0.15, 0.2) is 0 Å². The van der Waals surface area contributed by atoms with Crippen LogP contribution in [0.5, 0.6) is 5.75 Å². The standard InChI is InChI=1S/C16H18ClN5O4/c1-25-13-5-4-10(17)7-12(13)21-16-14(22(23)24)15(19-9-20-16)18-8-11-3-2-6-26-11/h4-5,7,9,11H,2-3,6,8H2,1H3,(H2,18,19,20,21). The number of benzene rings is 1. The number of methoxy groups -OCH3 is 1. The van der Waals surface area contributed by atoms with Gasteiger partial charge in [0, 0.05) is 18.2 Å². The second-order valence-corrected chi connectivity index (χ2v) is 6.10. The minimum Gasteiger partial charge on any atom is -0.495 e. The number of rotatable bonds is 7. The third-order valence-electron chi connectivity index (χ3n) is 3.94. The normalized spacial score (nSPS) is 16.3. The van der Waals surface area contributed by atoms with Crippen LogP contribution in [-0.2, 0) is 4.74 Å². The Bertz CT molecular complexity index is 798. The SMILES string of the molecule is COc1ccc(Cl)cc1Nc1ncnc(NCC2CCCO2)c1[N+](=O)[O-]. The van der Waals surface area contributed by atoms with Crippen molar-refractivity contribution >= 4 is 34.6 Å². The maximum Gasteiger partial charge on any atom is 0.353 e. The first kappa shape index (κ1) is 18.2. The van der Waals surface area contributed by atoms with Gasteiger partial charge in [0.25, 0.3) is 0 Å². The van der Waals surface area contributed by atoms with Crippen molar-refractivity contribution < 1.29 is 14.4 Å². The van der Waals surface area contributed by atoms with Gasteiger partial charge < -0.3 is 20.1 Å². The zero-order valence-corrected chi connectivity index (χ0v) is 14.8. The predicted molar refractivity (Wildman–Crippen MR) is 97.4 cm³/mol. The summed E-state index contributed by atoms with van der Waals surface area (Å²) >= 11 is 6.01. The van der Waals surface area contributed by atoms with Crippen molar-refractivity contribution in [3.63, 3.8) is 0 Å². The van der Waals surface area contributed by atoms with Crippen molar-refractivity contribution in [2.75, 3.05) is 30.9 Å². The number of nitrogens with zero attached hydrogens (tertiary/aromatic N) is 3. The molecule has 1 aliphatic rings. The van der Waals surface area contributed by atoms with E-state index in [4.69, 9.17) is 21.1 Å². The lowest BCUT2D eigenvalue weighted by atomic mass is 10.2. The number of anilines is 3. The molecule has 9 nitrogen and oxygen atoms in total. The second-order valence-electron chi connectivity index (χ2n) is 5.66. The quantitative estimate of drug-likeness (QED) is 0.556. The topological polar surface area (TPSA) is 111 Å². The van der Waals surface area contributed by atoms with Gasteiger partial charge in [-0.1, -0.05) is 11.6 Å². The molecule has 1 aromatic carbocycles. The van der Waals surface area contributed by atoms with E-state index >= 15 is 0 Å².